The maximum absolute atomic E-state index is 12.2. The molecule has 1 aromatic rings. The van der Waals surface area contributed by atoms with Crippen LogP contribution in [-0.4, -0.2) is 44.2 Å². The van der Waals surface area contributed by atoms with E-state index in [0.29, 0.717) is 17.7 Å². The average Bonchev–Trinajstić information content (AvgIpc) is 2.50. The van der Waals surface area contributed by atoms with E-state index < -0.39 is 10.0 Å². The second kappa shape index (κ2) is 7.95. The second-order valence-corrected chi connectivity index (χ2v) is 7.94. The summed E-state index contributed by atoms with van der Waals surface area (Å²) in [7, 11) is 1.18. The van der Waals surface area contributed by atoms with Crippen molar-refractivity contribution in [3.8, 4) is 0 Å². The predicted octanol–water partition coefficient (Wildman–Crippen LogP) is 1.67. The predicted molar refractivity (Wildman–Crippen MR) is 86.1 cm³/mol. The number of carbonyl (C=O) groups excluding carboxylic acids is 1. The van der Waals surface area contributed by atoms with Gasteiger partial charge >= 0.3 is 143 Å². The van der Waals surface area contributed by atoms with Crippen LogP contribution < -0.4 is 4.90 Å². The van der Waals surface area contributed by atoms with Gasteiger partial charge in [-0.15, -0.1) is 0 Å². The van der Waals surface area contributed by atoms with E-state index in [-0.39, 0.29) is 10.8 Å². The summed E-state index contributed by atoms with van der Waals surface area (Å²) in [6.07, 6.45) is 4.06. The molecule has 1 amide bonds. The summed E-state index contributed by atoms with van der Waals surface area (Å²) in [5.74, 6) is -0.0241. The Balaban J connectivity index is 3.46. The second-order valence-electron chi connectivity index (χ2n) is 4.81. The molecule has 0 fully saturated rings. The van der Waals surface area contributed by atoms with Gasteiger partial charge in [-0.2, -0.15) is 0 Å². The first-order chi connectivity index (χ1) is 10.3. The topological polar surface area (TPSA) is 57.7 Å². The molecule has 0 saturated heterocycles. The summed E-state index contributed by atoms with van der Waals surface area (Å²) in [5.41, 5.74) is 1.39. The first-order valence-electron chi connectivity index (χ1n) is 6.70. The van der Waals surface area contributed by atoms with Crippen LogP contribution in [0, 0.1) is 0 Å². The third-order valence-electron chi connectivity index (χ3n) is 3.17. The Labute approximate surface area is 143 Å². The van der Waals surface area contributed by atoms with Gasteiger partial charge in [-0.05, 0) is 0 Å². The SMILES string of the molecule is CCC(=O)N(C)c1ccc(S(=O)(=O)N(C)C)cc1/C=C\[CH]=[W]. The van der Waals surface area contributed by atoms with Crippen molar-refractivity contribution in [2.75, 3.05) is 26.0 Å². The molecule has 0 bridgehead atoms. The molecule has 22 heavy (non-hydrogen) atoms. The van der Waals surface area contributed by atoms with Gasteiger partial charge in [0.1, 0.15) is 0 Å². The molecule has 1 aromatic carbocycles. The fourth-order valence-corrected chi connectivity index (χ4v) is 3.08. The van der Waals surface area contributed by atoms with Crippen molar-refractivity contribution < 1.29 is 32.6 Å². The molecule has 0 unspecified atom stereocenters. The van der Waals surface area contributed by atoms with Crippen LogP contribution in [-0.2, 0) is 34.2 Å². The van der Waals surface area contributed by atoms with Gasteiger partial charge in [0.2, 0.25) is 0 Å². The zero-order chi connectivity index (χ0) is 16.9. The zero-order valence-electron chi connectivity index (χ0n) is 13.1. The third kappa shape index (κ3) is 4.22. The van der Waals surface area contributed by atoms with Crippen LogP contribution in [0.5, 0.6) is 0 Å². The van der Waals surface area contributed by atoms with E-state index in [2.05, 4.69) is 0 Å². The van der Waals surface area contributed by atoms with Gasteiger partial charge in [-0.3, -0.25) is 0 Å². The Morgan fingerprint density at radius 2 is 1.91 bits per heavy atom. The van der Waals surface area contributed by atoms with Crippen molar-refractivity contribution in [1.82, 2.24) is 4.31 Å². The number of allylic oxidation sites excluding steroid dienone is 1. The van der Waals surface area contributed by atoms with Crippen molar-refractivity contribution in [2.24, 2.45) is 0 Å². The Morgan fingerprint density at radius 3 is 2.41 bits per heavy atom. The quantitative estimate of drug-likeness (QED) is 0.608. The van der Waals surface area contributed by atoms with Crippen LogP contribution in [0.4, 0.5) is 5.69 Å². The first kappa shape index (κ1) is 18.9. The number of carbonyl (C=O) groups is 1. The van der Waals surface area contributed by atoms with Crippen LogP contribution in [0.3, 0.4) is 0 Å². The Bertz CT molecular complexity index is 697. The van der Waals surface area contributed by atoms with E-state index in [1.165, 1.54) is 43.8 Å². The first-order valence-corrected chi connectivity index (χ1v) is 9.84. The summed E-state index contributed by atoms with van der Waals surface area (Å²) < 4.78 is 27.6. The van der Waals surface area contributed by atoms with Gasteiger partial charge in [-0.1, -0.05) is 0 Å². The van der Waals surface area contributed by atoms with Gasteiger partial charge in [0, 0.05) is 0 Å². The Hall–Kier alpha value is -1.10. The van der Waals surface area contributed by atoms with Crippen molar-refractivity contribution >= 4 is 32.1 Å². The van der Waals surface area contributed by atoms with E-state index in [1.807, 2.05) is 16.6 Å². The van der Waals surface area contributed by atoms with Crippen LogP contribution in [0.2, 0.25) is 0 Å². The molecule has 0 aliphatic heterocycles. The number of amides is 1. The van der Waals surface area contributed by atoms with Crippen molar-refractivity contribution in [3.05, 3.63) is 29.8 Å². The van der Waals surface area contributed by atoms with Gasteiger partial charge in [-0.25, -0.2) is 0 Å². The molecular weight excluding hydrogens is 472 g/mol. The average molecular weight is 492 g/mol. The van der Waals surface area contributed by atoms with E-state index in [0.717, 1.165) is 0 Å². The van der Waals surface area contributed by atoms with Gasteiger partial charge in [0.15, 0.2) is 0 Å². The number of hydrogen-bond donors (Lipinski definition) is 0. The van der Waals surface area contributed by atoms with Crippen LogP contribution >= 0.6 is 0 Å². The molecule has 0 atom stereocenters. The molecule has 1 rings (SSSR count). The molecular formula is C15H20N2O3SW. The monoisotopic (exact) mass is 492 g/mol. The fraction of sp³-hybridized carbons (Fsp3) is 0.333. The molecule has 0 aliphatic carbocycles. The van der Waals surface area contributed by atoms with Crippen LogP contribution in [0.25, 0.3) is 6.08 Å². The van der Waals surface area contributed by atoms with Gasteiger partial charge in [0.05, 0.1) is 0 Å². The molecule has 0 heterocycles. The molecule has 0 aliphatic rings. The summed E-state index contributed by atoms with van der Waals surface area (Å²) >= 11 is 1.29. The summed E-state index contributed by atoms with van der Waals surface area (Å²) in [4.78, 5) is 13.7. The normalized spacial score (nSPS) is 11.9. The summed E-state index contributed by atoms with van der Waals surface area (Å²) in [5, 5.41) is 0. The molecule has 0 spiro atoms. The zero-order valence-corrected chi connectivity index (χ0v) is 16.9. The van der Waals surface area contributed by atoms with Crippen LogP contribution in [0.15, 0.2) is 29.2 Å². The van der Waals surface area contributed by atoms with Crippen molar-refractivity contribution in [1.29, 1.82) is 0 Å². The minimum atomic E-state index is -3.50. The van der Waals surface area contributed by atoms with E-state index in [4.69, 9.17) is 0 Å². The third-order valence-corrected chi connectivity index (χ3v) is 5.55. The number of rotatable bonds is 6. The summed E-state index contributed by atoms with van der Waals surface area (Å²) in [6, 6.07) is 4.80. The Kier molecular flexibility index (Phi) is 6.85. The fourth-order valence-electron chi connectivity index (χ4n) is 1.86. The molecule has 0 saturated carbocycles. The standard InChI is InChI=1S/C15H20N2O3S.W/c1-6-8-12-11-13(21(19,20)16(3)4)9-10-14(12)17(5)15(18)7-2;/h1,6,8-11H,7H2,2-5H3;/b8-6-;. The molecule has 0 aromatic heterocycles. The molecule has 120 valence electrons. The molecule has 0 N–H and O–H groups in total. The number of benzene rings is 1. The van der Waals surface area contributed by atoms with E-state index in [9.17, 15) is 13.2 Å². The Morgan fingerprint density at radius 1 is 1.27 bits per heavy atom. The van der Waals surface area contributed by atoms with Crippen molar-refractivity contribution in [2.45, 2.75) is 18.2 Å². The maximum atomic E-state index is 12.2. The van der Waals surface area contributed by atoms with Crippen LogP contribution in [0.1, 0.15) is 18.9 Å². The van der Waals surface area contributed by atoms with Gasteiger partial charge in [0.25, 0.3) is 0 Å². The van der Waals surface area contributed by atoms with E-state index in [1.54, 1.807) is 31.0 Å². The van der Waals surface area contributed by atoms with Crippen molar-refractivity contribution in [3.63, 3.8) is 0 Å². The number of hydrogen-bond acceptors (Lipinski definition) is 3. The molecule has 7 heteroatoms. The minimum absolute atomic E-state index is 0.0241. The molecule has 0 radical (unpaired) electrons. The number of sulfonamides is 1. The number of anilines is 1. The van der Waals surface area contributed by atoms with Gasteiger partial charge < -0.3 is 0 Å². The molecule has 5 nitrogen and oxygen atoms in total. The summed E-state index contributed by atoms with van der Waals surface area (Å²) in [6.45, 7) is 1.79. The van der Waals surface area contributed by atoms with E-state index >= 15 is 0 Å². The number of nitrogens with zero attached hydrogens (tertiary/aromatic N) is 2.